The minimum absolute atomic E-state index is 0.327. The van der Waals surface area contributed by atoms with Crippen LogP contribution in [0.25, 0.3) is 0 Å². The first kappa shape index (κ1) is 11.7. The van der Waals surface area contributed by atoms with Crippen molar-refractivity contribution >= 4 is 11.6 Å². The molecule has 20 heavy (non-hydrogen) atoms. The molecule has 0 fully saturated rings. The SMILES string of the molecule is c1ccc2c(c1)COC(C1CCCc3ccccc31)=N2. The number of nitrogens with zero attached hydrogens (tertiary/aromatic N) is 1. The quantitative estimate of drug-likeness (QED) is 0.748. The topological polar surface area (TPSA) is 21.6 Å². The maximum atomic E-state index is 5.95. The van der Waals surface area contributed by atoms with Crippen molar-refractivity contribution in [3.8, 4) is 0 Å². The van der Waals surface area contributed by atoms with Crippen LogP contribution < -0.4 is 0 Å². The summed E-state index contributed by atoms with van der Waals surface area (Å²) in [4.78, 5) is 4.76. The van der Waals surface area contributed by atoms with Gasteiger partial charge in [-0.15, -0.1) is 0 Å². The Balaban J connectivity index is 1.75. The van der Waals surface area contributed by atoms with E-state index in [1.165, 1.54) is 29.5 Å². The molecular formula is C18H17NO. The van der Waals surface area contributed by atoms with Crippen LogP contribution in [-0.2, 0) is 17.8 Å². The fraction of sp³-hybridized carbons (Fsp3) is 0.278. The van der Waals surface area contributed by atoms with Crippen molar-refractivity contribution in [2.75, 3.05) is 0 Å². The van der Waals surface area contributed by atoms with E-state index in [9.17, 15) is 0 Å². The van der Waals surface area contributed by atoms with Crippen LogP contribution in [-0.4, -0.2) is 5.90 Å². The van der Waals surface area contributed by atoms with Crippen LogP contribution in [0.5, 0.6) is 0 Å². The lowest BCUT2D eigenvalue weighted by atomic mass is 9.82. The molecule has 1 aliphatic heterocycles. The predicted molar refractivity (Wildman–Crippen MR) is 80.4 cm³/mol. The number of benzene rings is 2. The Morgan fingerprint density at radius 1 is 0.950 bits per heavy atom. The number of para-hydroxylation sites is 1. The molecule has 1 atom stereocenters. The predicted octanol–water partition coefficient (Wildman–Crippen LogP) is 4.37. The van der Waals surface area contributed by atoms with Gasteiger partial charge in [0.1, 0.15) is 6.61 Å². The summed E-state index contributed by atoms with van der Waals surface area (Å²) in [5, 5.41) is 0. The second-order valence-electron chi connectivity index (χ2n) is 5.51. The molecule has 2 heteroatoms. The molecule has 2 aromatic carbocycles. The van der Waals surface area contributed by atoms with Crippen molar-refractivity contribution in [1.82, 2.24) is 0 Å². The molecule has 0 radical (unpaired) electrons. The molecule has 0 amide bonds. The molecule has 2 aliphatic rings. The number of hydrogen-bond acceptors (Lipinski definition) is 2. The van der Waals surface area contributed by atoms with Gasteiger partial charge in [-0.2, -0.15) is 0 Å². The zero-order chi connectivity index (χ0) is 13.4. The molecule has 1 heterocycles. The average Bonchev–Trinajstić information content (AvgIpc) is 2.54. The second-order valence-corrected chi connectivity index (χ2v) is 5.51. The van der Waals surface area contributed by atoms with Crippen LogP contribution >= 0.6 is 0 Å². The van der Waals surface area contributed by atoms with E-state index in [0.717, 1.165) is 18.0 Å². The first-order valence-corrected chi connectivity index (χ1v) is 7.29. The smallest absolute Gasteiger partial charge is 0.196 e. The molecule has 4 rings (SSSR count). The number of aliphatic imine (C=N–C) groups is 1. The summed E-state index contributed by atoms with van der Waals surface area (Å²) in [6, 6.07) is 17.0. The van der Waals surface area contributed by atoms with Crippen LogP contribution in [0.2, 0.25) is 0 Å². The number of ether oxygens (including phenoxy) is 1. The van der Waals surface area contributed by atoms with Gasteiger partial charge in [0, 0.05) is 5.56 Å². The minimum Gasteiger partial charge on any atom is -0.475 e. The third-order valence-corrected chi connectivity index (χ3v) is 4.27. The average molecular weight is 263 g/mol. The van der Waals surface area contributed by atoms with Crippen LogP contribution in [0.4, 0.5) is 5.69 Å². The van der Waals surface area contributed by atoms with E-state index in [4.69, 9.17) is 9.73 Å². The monoisotopic (exact) mass is 263 g/mol. The summed E-state index contributed by atoms with van der Waals surface area (Å²) in [5.74, 6) is 1.23. The van der Waals surface area contributed by atoms with Gasteiger partial charge in [0.05, 0.1) is 11.6 Å². The fourth-order valence-corrected chi connectivity index (χ4v) is 3.23. The molecule has 2 aromatic rings. The highest BCUT2D eigenvalue weighted by Gasteiger charge is 2.27. The highest BCUT2D eigenvalue weighted by Crippen LogP contribution is 2.36. The van der Waals surface area contributed by atoms with E-state index in [1.807, 2.05) is 12.1 Å². The normalized spacial score (nSPS) is 20.4. The maximum absolute atomic E-state index is 5.95. The summed E-state index contributed by atoms with van der Waals surface area (Å²) in [5.41, 5.74) is 5.10. The van der Waals surface area contributed by atoms with Crippen molar-refractivity contribution in [3.63, 3.8) is 0 Å². The highest BCUT2D eigenvalue weighted by atomic mass is 16.5. The Morgan fingerprint density at radius 3 is 2.70 bits per heavy atom. The fourth-order valence-electron chi connectivity index (χ4n) is 3.23. The molecule has 1 unspecified atom stereocenters. The molecule has 2 nitrogen and oxygen atoms in total. The van der Waals surface area contributed by atoms with Crippen molar-refractivity contribution in [1.29, 1.82) is 0 Å². The van der Waals surface area contributed by atoms with Gasteiger partial charge in [-0.25, -0.2) is 4.99 Å². The molecule has 0 saturated heterocycles. The second kappa shape index (κ2) is 4.78. The molecule has 0 spiro atoms. The zero-order valence-electron chi connectivity index (χ0n) is 11.4. The Labute approximate surface area is 119 Å². The van der Waals surface area contributed by atoms with Gasteiger partial charge >= 0.3 is 0 Å². The van der Waals surface area contributed by atoms with Crippen molar-refractivity contribution in [3.05, 3.63) is 65.2 Å². The lowest BCUT2D eigenvalue weighted by Crippen LogP contribution is -2.22. The summed E-state index contributed by atoms with van der Waals surface area (Å²) < 4.78 is 5.95. The van der Waals surface area contributed by atoms with E-state index in [-0.39, 0.29) is 0 Å². The van der Waals surface area contributed by atoms with Crippen molar-refractivity contribution in [2.45, 2.75) is 31.8 Å². The Bertz CT molecular complexity index is 675. The Hall–Kier alpha value is -2.09. The van der Waals surface area contributed by atoms with E-state index in [0.29, 0.717) is 12.5 Å². The van der Waals surface area contributed by atoms with Gasteiger partial charge in [0.2, 0.25) is 0 Å². The standard InChI is InChI=1S/C18H17NO/c1-3-9-15-13(6-1)8-5-10-16(15)18-19-17-11-4-2-7-14(17)12-20-18/h1-4,6-7,9,11,16H,5,8,10,12H2. The van der Waals surface area contributed by atoms with E-state index in [1.54, 1.807) is 0 Å². The molecule has 0 N–H and O–H groups in total. The molecular weight excluding hydrogens is 246 g/mol. The third kappa shape index (κ3) is 1.92. The maximum Gasteiger partial charge on any atom is 0.196 e. The third-order valence-electron chi connectivity index (χ3n) is 4.27. The van der Waals surface area contributed by atoms with Gasteiger partial charge < -0.3 is 4.74 Å². The molecule has 100 valence electrons. The summed E-state index contributed by atoms with van der Waals surface area (Å²) in [6.45, 7) is 0.647. The lowest BCUT2D eigenvalue weighted by molar-refractivity contribution is 0.269. The minimum atomic E-state index is 0.327. The number of hydrogen-bond donors (Lipinski definition) is 0. The Kier molecular flexibility index (Phi) is 2.80. The van der Waals surface area contributed by atoms with Gasteiger partial charge in [0.15, 0.2) is 5.90 Å². The van der Waals surface area contributed by atoms with Crippen LogP contribution in [0, 0.1) is 0 Å². The van der Waals surface area contributed by atoms with E-state index >= 15 is 0 Å². The zero-order valence-corrected chi connectivity index (χ0v) is 11.4. The molecule has 0 saturated carbocycles. The Morgan fingerprint density at radius 2 is 1.75 bits per heavy atom. The molecule has 1 aliphatic carbocycles. The summed E-state index contributed by atoms with van der Waals surface area (Å²) in [7, 11) is 0. The van der Waals surface area contributed by atoms with Crippen LogP contribution in [0.3, 0.4) is 0 Å². The largest absolute Gasteiger partial charge is 0.475 e. The molecule has 0 aromatic heterocycles. The van der Waals surface area contributed by atoms with Crippen molar-refractivity contribution in [2.24, 2.45) is 4.99 Å². The molecule has 0 bridgehead atoms. The highest BCUT2D eigenvalue weighted by molar-refractivity contribution is 5.88. The van der Waals surface area contributed by atoms with E-state index < -0.39 is 0 Å². The van der Waals surface area contributed by atoms with Gasteiger partial charge in [-0.3, -0.25) is 0 Å². The first-order valence-electron chi connectivity index (χ1n) is 7.29. The van der Waals surface area contributed by atoms with Crippen LogP contribution in [0.1, 0.15) is 35.4 Å². The number of fused-ring (bicyclic) bond motifs is 2. The number of aryl methyl sites for hydroxylation is 1. The summed E-state index contributed by atoms with van der Waals surface area (Å²) in [6.07, 6.45) is 3.53. The lowest BCUT2D eigenvalue weighted by Gasteiger charge is -2.28. The summed E-state index contributed by atoms with van der Waals surface area (Å²) >= 11 is 0. The number of rotatable bonds is 1. The first-order chi connectivity index (χ1) is 9.92. The van der Waals surface area contributed by atoms with Gasteiger partial charge in [-0.1, -0.05) is 42.5 Å². The van der Waals surface area contributed by atoms with Crippen LogP contribution in [0.15, 0.2) is 53.5 Å². The van der Waals surface area contributed by atoms with E-state index in [2.05, 4.69) is 36.4 Å². The van der Waals surface area contributed by atoms with Crippen molar-refractivity contribution < 1.29 is 4.74 Å². The van der Waals surface area contributed by atoms with Gasteiger partial charge in [-0.05, 0) is 36.5 Å². The van der Waals surface area contributed by atoms with Gasteiger partial charge in [0.25, 0.3) is 0 Å².